The molecule has 0 fully saturated rings. The number of carbonyl (C=O) groups excluding carboxylic acids is 2. The smallest absolute Gasteiger partial charge is 0.343 e. The molecule has 0 radical (unpaired) electrons. The van der Waals surface area contributed by atoms with E-state index in [1.54, 1.807) is 18.2 Å². The Labute approximate surface area is 153 Å². The quantitative estimate of drug-likeness (QED) is 0.652. The first-order valence-electron chi connectivity index (χ1n) is 8.13. The zero-order valence-corrected chi connectivity index (χ0v) is 14.5. The summed E-state index contributed by atoms with van der Waals surface area (Å²) in [6, 6.07) is 4.91. The third kappa shape index (κ3) is 3.57. The number of esters is 1. The first-order chi connectivity index (χ1) is 12.9. The highest BCUT2D eigenvalue weighted by Gasteiger charge is 2.28. The van der Waals surface area contributed by atoms with Crippen LogP contribution in [-0.4, -0.2) is 42.3 Å². The van der Waals surface area contributed by atoms with Gasteiger partial charge >= 0.3 is 5.97 Å². The van der Waals surface area contributed by atoms with Gasteiger partial charge in [0.15, 0.2) is 11.5 Å². The third-order valence-corrected chi connectivity index (χ3v) is 4.23. The van der Waals surface area contributed by atoms with Gasteiger partial charge in [-0.15, -0.1) is 0 Å². The first kappa shape index (κ1) is 18.3. The molecular formula is C18H18N2O7. The van der Waals surface area contributed by atoms with Gasteiger partial charge < -0.3 is 30.0 Å². The fourth-order valence-electron chi connectivity index (χ4n) is 2.99. The van der Waals surface area contributed by atoms with E-state index in [1.807, 2.05) is 0 Å². The van der Waals surface area contributed by atoms with E-state index in [0.29, 0.717) is 30.3 Å². The third-order valence-electron chi connectivity index (χ3n) is 4.23. The summed E-state index contributed by atoms with van der Waals surface area (Å²) in [5, 5.41) is 10.5. The zero-order valence-electron chi connectivity index (χ0n) is 14.5. The van der Waals surface area contributed by atoms with Crippen molar-refractivity contribution in [2.45, 2.75) is 12.3 Å². The second-order valence-electron chi connectivity index (χ2n) is 5.91. The largest absolute Gasteiger partial charge is 0.506 e. The highest BCUT2D eigenvalue weighted by molar-refractivity contribution is 5.92. The number of amides is 1. The number of carbonyl (C=O) groups is 2. The van der Waals surface area contributed by atoms with Crippen molar-refractivity contribution >= 4 is 11.9 Å². The highest BCUT2D eigenvalue weighted by Crippen LogP contribution is 2.38. The number of nitrogens with one attached hydrogen (secondary N) is 1. The van der Waals surface area contributed by atoms with Gasteiger partial charge in [0.25, 0.3) is 5.56 Å². The number of aromatic hydroxyl groups is 1. The maximum absolute atomic E-state index is 12.4. The van der Waals surface area contributed by atoms with Crippen LogP contribution in [0.2, 0.25) is 0 Å². The van der Waals surface area contributed by atoms with Crippen LogP contribution in [0.15, 0.2) is 29.2 Å². The van der Waals surface area contributed by atoms with Crippen molar-refractivity contribution in [2.75, 3.05) is 20.3 Å². The van der Waals surface area contributed by atoms with E-state index in [-0.39, 0.29) is 17.5 Å². The van der Waals surface area contributed by atoms with Gasteiger partial charge in [-0.3, -0.25) is 9.59 Å². The summed E-state index contributed by atoms with van der Waals surface area (Å²) in [6.45, 7) is 0.777. The molecule has 1 unspecified atom stereocenters. The molecule has 2 heterocycles. The van der Waals surface area contributed by atoms with E-state index in [4.69, 9.17) is 15.2 Å². The number of hydrogen-bond acceptors (Lipinski definition) is 7. The van der Waals surface area contributed by atoms with Gasteiger partial charge in [0.1, 0.15) is 24.5 Å². The Kier molecular flexibility index (Phi) is 5.02. The molecule has 27 heavy (non-hydrogen) atoms. The number of aromatic amines is 1. The maximum Gasteiger partial charge on any atom is 0.343 e. The van der Waals surface area contributed by atoms with Crippen molar-refractivity contribution < 1.29 is 28.9 Å². The highest BCUT2D eigenvalue weighted by atomic mass is 16.6. The lowest BCUT2D eigenvalue weighted by atomic mass is 9.87. The predicted octanol–water partition coefficient (Wildman–Crippen LogP) is 0.646. The number of pyridine rings is 1. The zero-order chi connectivity index (χ0) is 19.6. The summed E-state index contributed by atoms with van der Waals surface area (Å²) in [5.74, 6) is -1.99. The van der Waals surface area contributed by atoms with Crippen molar-refractivity contribution in [1.29, 1.82) is 0 Å². The van der Waals surface area contributed by atoms with Crippen molar-refractivity contribution in [3.8, 4) is 17.2 Å². The molecule has 4 N–H and O–H groups in total. The van der Waals surface area contributed by atoms with Gasteiger partial charge in [-0.25, -0.2) is 4.79 Å². The Morgan fingerprint density at radius 2 is 2.00 bits per heavy atom. The Morgan fingerprint density at radius 3 is 2.67 bits per heavy atom. The van der Waals surface area contributed by atoms with Gasteiger partial charge in [0.05, 0.1) is 12.7 Å². The van der Waals surface area contributed by atoms with Gasteiger partial charge in [-0.05, 0) is 17.7 Å². The topological polar surface area (TPSA) is 141 Å². The van der Waals surface area contributed by atoms with E-state index < -0.39 is 29.1 Å². The van der Waals surface area contributed by atoms with Gasteiger partial charge in [-0.2, -0.15) is 0 Å². The monoisotopic (exact) mass is 374 g/mol. The number of H-pyrrole nitrogens is 1. The molecular weight excluding hydrogens is 356 g/mol. The maximum atomic E-state index is 12.4. The summed E-state index contributed by atoms with van der Waals surface area (Å²) >= 11 is 0. The number of rotatable bonds is 5. The lowest BCUT2D eigenvalue weighted by molar-refractivity contribution is -0.118. The van der Waals surface area contributed by atoms with Gasteiger partial charge in [-0.1, -0.05) is 6.07 Å². The minimum atomic E-state index is -0.897. The van der Waals surface area contributed by atoms with Gasteiger partial charge in [0, 0.05) is 18.5 Å². The Hall–Kier alpha value is -3.49. The van der Waals surface area contributed by atoms with Gasteiger partial charge in [0.2, 0.25) is 5.91 Å². The number of methoxy groups -OCH3 is 1. The molecule has 1 atom stereocenters. The van der Waals surface area contributed by atoms with Crippen LogP contribution in [-0.2, 0) is 9.53 Å². The molecule has 1 aliphatic rings. The molecule has 0 spiro atoms. The van der Waals surface area contributed by atoms with Crippen molar-refractivity contribution in [1.82, 2.24) is 4.98 Å². The van der Waals surface area contributed by atoms with Crippen LogP contribution in [0.3, 0.4) is 0 Å². The predicted molar refractivity (Wildman–Crippen MR) is 93.2 cm³/mol. The number of ether oxygens (including phenoxy) is 3. The number of aromatic nitrogens is 1. The summed E-state index contributed by atoms with van der Waals surface area (Å²) in [5.41, 5.74) is 4.82. The Morgan fingerprint density at radius 1 is 1.30 bits per heavy atom. The number of hydrogen-bond donors (Lipinski definition) is 3. The van der Waals surface area contributed by atoms with Crippen LogP contribution in [0.5, 0.6) is 17.2 Å². The molecule has 0 saturated carbocycles. The molecule has 0 aliphatic carbocycles. The number of benzene rings is 1. The molecule has 2 aromatic rings. The van der Waals surface area contributed by atoms with Crippen LogP contribution in [0.4, 0.5) is 0 Å². The normalized spacial score (nSPS) is 13.7. The standard InChI is InChI=1S/C18H18N2O7/c1-25-18(24)11-8-20-17(23)15(16(11)22)10(7-14(19)21)9-2-3-12-13(6-9)27-5-4-26-12/h2-3,6,8,10H,4-5,7H2,1H3,(H2,19,21)(H2,20,22,23). The minimum absolute atomic E-state index is 0.159. The number of fused-ring (bicyclic) bond motifs is 1. The van der Waals surface area contributed by atoms with E-state index in [1.165, 1.54) is 0 Å². The molecule has 9 nitrogen and oxygen atoms in total. The molecule has 142 valence electrons. The van der Waals surface area contributed by atoms with E-state index in [2.05, 4.69) is 9.72 Å². The second kappa shape index (κ2) is 7.40. The average molecular weight is 374 g/mol. The fraction of sp³-hybridized carbons (Fsp3) is 0.278. The van der Waals surface area contributed by atoms with Crippen LogP contribution in [0.1, 0.15) is 33.8 Å². The molecule has 3 rings (SSSR count). The lowest BCUT2D eigenvalue weighted by Gasteiger charge is -2.22. The van der Waals surface area contributed by atoms with E-state index in [0.717, 1.165) is 13.3 Å². The van der Waals surface area contributed by atoms with Crippen LogP contribution in [0.25, 0.3) is 0 Å². The molecule has 1 aromatic carbocycles. The summed E-state index contributed by atoms with van der Waals surface area (Å²) in [6.07, 6.45) is 0.791. The minimum Gasteiger partial charge on any atom is -0.506 e. The molecule has 9 heteroatoms. The van der Waals surface area contributed by atoms with Crippen LogP contribution < -0.4 is 20.8 Å². The summed E-state index contributed by atoms with van der Waals surface area (Å²) in [4.78, 5) is 38.3. The van der Waals surface area contributed by atoms with E-state index in [9.17, 15) is 19.5 Å². The molecule has 1 amide bonds. The Balaban J connectivity index is 2.15. The van der Waals surface area contributed by atoms with Crippen molar-refractivity contribution in [2.24, 2.45) is 5.73 Å². The molecule has 1 aromatic heterocycles. The molecule has 0 bridgehead atoms. The average Bonchev–Trinajstić information content (AvgIpc) is 2.66. The lowest BCUT2D eigenvalue weighted by Crippen LogP contribution is -2.24. The summed E-state index contributed by atoms with van der Waals surface area (Å²) in [7, 11) is 1.15. The number of nitrogens with two attached hydrogens (primary N) is 1. The van der Waals surface area contributed by atoms with Crippen LogP contribution >= 0.6 is 0 Å². The SMILES string of the molecule is COC(=O)c1c[nH]c(=O)c(C(CC(N)=O)c2ccc3c(c2)OCCO3)c1O. The Bertz CT molecular complexity index is 951. The number of primary amides is 1. The summed E-state index contributed by atoms with van der Waals surface area (Å²) < 4.78 is 15.6. The molecule has 0 saturated heterocycles. The van der Waals surface area contributed by atoms with E-state index >= 15 is 0 Å². The van der Waals surface area contributed by atoms with Crippen molar-refractivity contribution in [3.63, 3.8) is 0 Å². The van der Waals surface area contributed by atoms with Crippen molar-refractivity contribution in [3.05, 3.63) is 51.4 Å². The van der Waals surface area contributed by atoms with Crippen LogP contribution in [0, 0.1) is 0 Å². The second-order valence-corrected chi connectivity index (χ2v) is 5.91. The molecule has 1 aliphatic heterocycles. The first-order valence-corrected chi connectivity index (χ1v) is 8.13. The fourth-order valence-corrected chi connectivity index (χ4v) is 2.99.